The molecule has 0 aliphatic carbocycles. The lowest BCUT2D eigenvalue weighted by molar-refractivity contribution is -0.137. The van der Waals surface area contributed by atoms with Gasteiger partial charge in [-0.3, -0.25) is 4.79 Å². The third-order valence-electron chi connectivity index (χ3n) is 3.86. The van der Waals surface area contributed by atoms with Gasteiger partial charge in [0.1, 0.15) is 0 Å². The predicted molar refractivity (Wildman–Crippen MR) is 75.0 cm³/mol. The minimum atomic E-state index is -0.945. The van der Waals surface area contributed by atoms with Crippen molar-refractivity contribution in [2.45, 2.75) is 26.9 Å². The number of benzene rings is 1. The Labute approximate surface area is 118 Å². The average molecular weight is 276 g/mol. The highest BCUT2D eigenvalue weighted by molar-refractivity contribution is 5.88. The van der Waals surface area contributed by atoms with Crippen LogP contribution in [0.15, 0.2) is 18.2 Å². The molecule has 108 valence electrons. The van der Waals surface area contributed by atoms with Crippen LogP contribution in [0.5, 0.6) is 0 Å². The summed E-state index contributed by atoms with van der Waals surface area (Å²) in [6, 6.07) is 5.02. The molecule has 0 saturated carbocycles. The lowest BCUT2D eigenvalue weighted by Crippen LogP contribution is -2.38. The molecule has 0 saturated heterocycles. The SMILES string of the molecule is CC(C)C(CN)C(=O)N1Cc2ccc(C(=O)O)cc2C1. The molecule has 1 amide bonds. The molecule has 1 aliphatic rings. The first-order chi connectivity index (χ1) is 9.43. The lowest BCUT2D eigenvalue weighted by atomic mass is 9.94. The van der Waals surface area contributed by atoms with Gasteiger partial charge in [-0.25, -0.2) is 4.79 Å². The Hall–Kier alpha value is -1.88. The van der Waals surface area contributed by atoms with E-state index in [0.717, 1.165) is 11.1 Å². The van der Waals surface area contributed by atoms with E-state index >= 15 is 0 Å². The van der Waals surface area contributed by atoms with Crippen LogP contribution in [0, 0.1) is 11.8 Å². The summed E-state index contributed by atoms with van der Waals surface area (Å²) in [5.41, 5.74) is 7.88. The fourth-order valence-electron chi connectivity index (χ4n) is 2.58. The minimum Gasteiger partial charge on any atom is -0.478 e. The van der Waals surface area contributed by atoms with Crippen molar-refractivity contribution in [2.75, 3.05) is 6.54 Å². The van der Waals surface area contributed by atoms with E-state index in [1.54, 1.807) is 23.1 Å². The number of rotatable bonds is 4. The Morgan fingerprint density at radius 2 is 1.95 bits per heavy atom. The second kappa shape index (κ2) is 5.63. The number of amides is 1. The summed E-state index contributed by atoms with van der Waals surface area (Å²) in [5, 5.41) is 8.99. The van der Waals surface area contributed by atoms with Crippen molar-refractivity contribution in [3.05, 3.63) is 34.9 Å². The number of nitrogens with zero attached hydrogens (tertiary/aromatic N) is 1. The topological polar surface area (TPSA) is 83.6 Å². The molecule has 0 aromatic heterocycles. The molecule has 5 heteroatoms. The summed E-state index contributed by atoms with van der Waals surface area (Å²) in [4.78, 5) is 25.2. The Balaban J connectivity index is 2.16. The van der Waals surface area contributed by atoms with Crippen molar-refractivity contribution in [3.63, 3.8) is 0 Å². The van der Waals surface area contributed by atoms with Crippen LogP contribution in [0.3, 0.4) is 0 Å². The smallest absolute Gasteiger partial charge is 0.335 e. The van der Waals surface area contributed by atoms with Crippen molar-refractivity contribution in [1.29, 1.82) is 0 Å². The van der Waals surface area contributed by atoms with Gasteiger partial charge in [-0.2, -0.15) is 0 Å². The highest BCUT2D eigenvalue weighted by Gasteiger charge is 2.30. The number of aromatic carboxylic acids is 1. The maximum atomic E-state index is 12.4. The summed E-state index contributed by atoms with van der Waals surface area (Å²) in [5.74, 6) is -0.871. The molecule has 2 rings (SSSR count). The van der Waals surface area contributed by atoms with Gasteiger partial charge in [0.05, 0.1) is 11.5 Å². The molecule has 1 aliphatic heterocycles. The molecule has 1 aromatic carbocycles. The molecule has 1 heterocycles. The number of hydrogen-bond donors (Lipinski definition) is 2. The van der Waals surface area contributed by atoms with Gasteiger partial charge in [0.15, 0.2) is 0 Å². The van der Waals surface area contributed by atoms with Gasteiger partial charge in [0, 0.05) is 19.6 Å². The molecule has 1 unspecified atom stereocenters. The van der Waals surface area contributed by atoms with E-state index in [0.29, 0.717) is 19.6 Å². The van der Waals surface area contributed by atoms with Gasteiger partial charge >= 0.3 is 5.97 Å². The zero-order chi connectivity index (χ0) is 14.9. The zero-order valence-corrected chi connectivity index (χ0v) is 11.8. The number of carbonyl (C=O) groups is 2. The fraction of sp³-hybridized carbons (Fsp3) is 0.467. The van der Waals surface area contributed by atoms with E-state index in [9.17, 15) is 9.59 Å². The maximum Gasteiger partial charge on any atom is 0.335 e. The van der Waals surface area contributed by atoms with E-state index in [4.69, 9.17) is 10.8 Å². The Morgan fingerprint density at radius 1 is 1.30 bits per heavy atom. The number of fused-ring (bicyclic) bond motifs is 1. The van der Waals surface area contributed by atoms with E-state index in [2.05, 4.69) is 0 Å². The first-order valence-corrected chi connectivity index (χ1v) is 6.78. The van der Waals surface area contributed by atoms with Crippen LogP contribution in [0.1, 0.15) is 35.3 Å². The highest BCUT2D eigenvalue weighted by Crippen LogP contribution is 2.26. The van der Waals surface area contributed by atoms with E-state index < -0.39 is 5.97 Å². The van der Waals surface area contributed by atoms with E-state index in [-0.39, 0.29) is 23.3 Å². The van der Waals surface area contributed by atoms with Crippen molar-refractivity contribution in [1.82, 2.24) is 4.90 Å². The normalized spacial score (nSPS) is 15.3. The van der Waals surface area contributed by atoms with Gasteiger partial charge in [0.2, 0.25) is 5.91 Å². The average Bonchev–Trinajstić information content (AvgIpc) is 2.81. The van der Waals surface area contributed by atoms with Gasteiger partial charge in [0.25, 0.3) is 0 Å². The molecular formula is C15H20N2O3. The van der Waals surface area contributed by atoms with Crippen LogP contribution < -0.4 is 5.73 Å². The molecule has 0 bridgehead atoms. The molecule has 3 N–H and O–H groups in total. The van der Waals surface area contributed by atoms with Crippen LogP contribution >= 0.6 is 0 Å². The molecule has 0 spiro atoms. The summed E-state index contributed by atoms with van der Waals surface area (Å²) in [7, 11) is 0. The zero-order valence-electron chi connectivity index (χ0n) is 11.8. The third-order valence-corrected chi connectivity index (χ3v) is 3.86. The first-order valence-electron chi connectivity index (χ1n) is 6.78. The Morgan fingerprint density at radius 3 is 2.50 bits per heavy atom. The van der Waals surface area contributed by atoms with Crippen LogP contribution in [-0.4, -0.2) is 28.4 Å². The molecule has 1 aromatic rings. The number of nitrogens with two attached hydrogens (primary N) is 1. The summed E-state index contributed by atoms with van der Waals surface area (Å²) in [6.45, 7) is 5.32. The van der Waals surface area contributed by atoms with Gasteiger partial charge in [-0.05, 0) is 29.2 Å². The van der Waals surface area contributed by atoms with Crippen molar-refractivity contribution in [2.24, 2.45) is 17.6 Å². The quantitative estimate of drug-likeness (QED) is 0.872. The fourth-order valence-corrected chi connectivity index (χ4v) is 2.58. The molecular weight excluding hydrogens is 256 g/mol. The van der Waals surface area contributed by atoms with Crippen molar-refractivity contribution < 1.29 is 14.7 Å². The van der Waals surface area contributed by atoms with Crippen LogP contribution in [-0.2, 0) is 17.9 Å². The second-order valence-corrected chi connectivity index (χ2v) is 5.57. The third kappa shape index (κ3) is 2.67. The molecule has 5 nitrogen and oxygen atoms in total. The van der Waals surface area contributed by atoms with Crippen molar-refractivity contribution >= 4 is 11.9 Å². The largest absolute Gasteiger partial charge is 0.478 e. The van der Waals surface area contributed by atoms with Gasteiger partial charge in [-0.15, -0.1) is 0 Å². The van der Waals surface area contributed by atoms with Crippen LogP contribution in [0.25, 0.3) is 0 Å². The standard InChI is InChI=1S/C15H20N2O3/c1-9(2)13(6-16)14(18)17-7-11-4-3-10(15(19)20)5-12(11)8-17/h3-5,9,13H,6-8,16H2,1-2H3,(H,19,20). The molecule has 0 radical (unpaired) electrons. The predicted octanol–water partition coefficient (Wildman–Crippen LogP) is 1.46. The monoisotopic (exact) mass is 276 g/mol. The van der Waals surface area contributed by atoms with Crippen molar-refractivity contribution in [3.8, 4) is 0 Å². The summed E-state index contributed by atoms with van der Waals surface area (Å²) >= 11 is 0. The number of carboxylic acid groups (broad SMARTS) is 1. The highest BCUT2D eigenvalue weighted by atomic mass is 16.4. The van der Waals surface area contributed by atoms with Crippen LogP contribution in [0.4, 0.5) is 0 Å². The minimum absolute atomic E-state index is 0.0515. The van der Waals surface area contributed by atoms with E-state index in [1.165, 1.54) is 0 Å². The molecule has 20 heavy (non-hydrogen) atoms. The Bertz CT molecular complexity index is 540. The van der Waals surface area contributed by atoms with Gasteiger partial charge in [-0.1, -0.05) is 19.9 Å². The number of carboxylic acids is 1. The first kappa shape index (κ1) is 14.5. The summed E-state index contributed by atoms with van der Waals surface area (Å²) in [6.07, 6.45) is 0. The van der Waals surface area contributed by atoms with Crippen LogP contribution in [0.2, 0.25) is 0 Å². The van der Waals surface area contributed by atoms with Gasteiger partial charge < -0.3 is 15.7 Å². The lowest BCUT2D eigenvalue weighted by Gasteiger charge is -2.24. The van der Waals surface area contributed by atoms with E-state index in [1.807, 2.05) is 13.8 Å². The maximum absolute atomic E-state index is 12.4. The summed E-state index contributed by atoms with van der Waals surface area (Å²) < 4.78 is 0. The number of hydrogen-bond acceptors (Lipinski definition) is 3. The molecule has 0 fully saturated rings. The Kier molecular flexibility index (Phi) is 4.09. The molecule has 1 atom stereocenters. The number of carbonyl (C=O) groups excluding carboxylic acids is 1. The second-order valence-electron chi connectivity index (χ2n) is 5.57.